The highest BCUT2D eigenvalue weighted by molar-refractivity contribution is 6.08. The highest BCUT2D eigenvalue weighted by Crippen LogP contribution is 2.37. The van der Waals surface area contributed by atoms with Gasteiger partial charge >= 0.3 is 6.61 Å². The zero-order valence-corrected chi connectivity index (χ0v) is 32.9. The fourth-order valence-electron chi connectivity index (χ4n) is 7.93. The molecule has 0 unspecified atom stereocenters. The minimum atomic E-state index is -3.23. The normalized spacial score (nSPS) is 15.5. The molecule has 7 rings (SSSR count). The van der Waals surface area contributed by atoms with E-state index in [9.17, 15) is 23.9 Å². The fourth-order valence-corrected chi connectivity index (χ4v) is 7.93. The molecule has 1 aromatic heterocycles. The topological polar surface area (TPSA) is 120 Å². The van der Waals surface area contributed by atoms with Crippen molar-refractivity contribution in [1.29, 1.82) is 5.26 Å². The molecule has 2 aliphatic heterocycles. The number of carbonyl (C=O) groups is 2. The third-order valence-corrected chi connectivity index (χ3v) is 11.3. The van der Waals surface area contributed by atoms with E-state index in [-0.39, 0.29) is 52.6 Å². The molecule has 0 spiro atoms. The first kappa shape index (κ1) is 40.0. The number of rotatable bonds is 11. The van der Waals surface area contributed by atoms with Crippen LogP contribution < -0.4 is 14.4 Å². The molecule has 1 saturated heterocycles. The summed E-state index contributed by atoms with van der Waals surface area (Å²) in [6, 6.07) is 25.9. The van der Waals surface area contributed by atoms with E-state index >= 15 is 4.79 Å². The zero-order valence-electron chi connectivity index (χ0n) is 32.9. The van der Waals surface area contributed by atoms with Crippen molar-refractivity contribution in [2.45, 2.75) is 46.0 Å². The number of morpholine rings is 1. The number of anilines is 1. The molecule has 2 amide bonds. The third kappa shape index (κ3) is 8.12. The molecule has 0 bridgehead atoms. The van der Waals surface area contributed by atoms with Gasteiger partial charge in [0.15, 0.2) is 0 Å². The maximum atomic E-state index is 15.1. The smallest absolute Gasteiger partial charge is 0.387 e. The monoisotopic (exact) mass is 789 g/mol. The van der Waals surface area contributed by atoms with Gasteiger partial charge in [0.2, 0.25) is 0 Å². The minimum absolute atomic E-state index is 0.0381. The zero-order chi connectivity index (χ0) is 41.1. The second kappa shape index (κ2) is 17.1. The molecule has 2 aliphatic rings. The van der Waals surface area contributed by atoms with Crippen molar-refractivity contribution in [3.05, 3.63) is 130 Å². The molecule has 5 aromatic rings. The van der Waals surface area contributed by atoms with Crippen LogP contribution >= 0.6 is 0 Å². The van der Waals surface area contributed by atoms with Crippen LogP contribution in [0.1, 0.15) is 54.2 Å². The van der Waals surface area contributed by atoms with E-state index in [0.29, 0.717) is 61.1 Å². The lowest BCUT2D eigenvalue weighted by molar-refractivity contribution is -0.0500. The van der Waals surface area contributed by atoms with Gasteiger partial charge in [-0.25, -0.2) is 0 Å². The molecule has 11 nitrogen and oxygen atoms in total. The van der Waals surface area contributed by atoms with Gasteiger partial charge in [-0.15, -0.1) is 0 Å². The molecule has 300 valence electrons. The number of hydrogen-bond acceptors (Lipinski definition) is 8. The van der Waals surface area contributed by atoms with Crippen LogP contribution in [0.25, 0.3) is 11.3 Å². The summed E-state index contributed by atoms with van der Waals surface area (Å²) in [5, 5.41) is 20.2. The summed E-state index contributed by atoms with van der Waals surface area (Å²) in [4.78, 5) is 35.5. The molecule has 1 fully saturated rings. The summed E-state index contributed by atoms with van der Waals surface area (Å²) in [5.74, 6) is -0.442. The van der Waals surface area contributed by atoms with Crippen molar-refractivity contribution < 1.29 is 37.7 Å². The number of aromatic nitrogens is 1. The van der Waals surface area contributed by atoms with Crippen LogP contribution in [0.3, 0.4) is 0 Å². The number of methoxy groups -OCH3 is 1. The Morgan fingerprint density at radius 3 is 2.38 bits per heavy atom. The van der Waals surface area contributed by atoms with Crippen LogP contribution in [0.4, 0.5) is 14.5 Å². The molecular formula is C45H45F2N5O6. The summed E-state index contributed by atoms with van der Waals surface area (Å²) < 4.78 is 45.4. The number of nitriles is 1. The second-order valence-electron chi connectivity index (χ2n) is 14.6. The Morgan fingerprint density at radius 2 is 1.69 bits per heavy atom. The maximum Gasteiger partial charge on any atom is 0.387 e. The quantitative estimate of drug-likeness (QED) is 0.149. The molecule has 0 radical (unpaired) electrons. The molecular weight excluding hydrogens is 745 g/mol. The first-order chi connectivity index (χ1) is 28.0. The van der Waals surface area contributed by atoms with Crippen molar-refractivity contribution in [3.8, 4) is 34.6 Å². The standard InChI is InChI=1S/C45H45F2N5O6/c1-28-31(10-7-11-41(28)56-4)25-51(34-12-14-36(53)15-13-34)43(54)37-22-40(49(3)29(37)2)38-23-42(58-45(46)47)33(24-48)21-39(38)44(55)52-26-32-9-6-5-8-30(32)20-35(52)27-50-16-18-57-19-17-50/h5-15,21-23,35,45,53H,16-20,25-27H2,1-4H3/t35-/m0/s1. The highest BCUT2D eigenvalue weighted by Gasteiger charge is 2.35. The van der Waals surface area contributed by atoms with Crippen LogP contribution in [0.15, 0.2) is 84.9 Å². The van der Waals surface area contributed by atoms with Gasteiger partial charge in [-0.1, -0.05) is 36.4 Å². The Balaban J connectivity index is 1.34. The van der Waals surface area contributed by atoms with Gasteiger partial charge in [0.05, 0.1) is 43.6 Å². The second-order valence-corrected chi connectivity index (χ2v) is 14.6. The fraction of sp³-hybridized carbons (Fsp3) is 0.311. The van der Waals surface area contributed by atoms with Crippen molar-refractivity contribution in [3.63, 3.8) is 0 Å². The Hall–Kier alpha value is -6.23. The predicted octanol–water partition coefficient (Wildman–Crippen LogP) is 7.24. The first-order valence-electron chi connectivity index (χ1n) is 19.1. The van der Waals surface area contributed by atoms with Crippen LogP contribution in [-0.2, 0) is 31.3 Å². The summed E-state index contributed by atoms with van der Waals surface area (Å²) in [5.41, 5.74) is 5.70. The molecule has 13 heteroatoms. The number of phenols is 1. The van der Waals surface area contributed by atoms with Gasteiger partial charge in [0.1, 0.15) is 23.3 Å². The van der Waals surface area contributed by atoms with E-state index in [1.165, 1.54) is 24.3 Å². The summed E-state index contributed by atoms with van der Waals surface area (Å²) in [6.45, 7) is 4.14. The summed E-state index contributed by atoms with van der Waals surface area (Å²) >= 11 is 0. The molecule has 0 aliphatic carbocycles. The number of benzene rings is 4. The van der Waals surface area contributed by atoms with Crippen LogP contribution in [0, 0.1) is 25.2 Å². The van der Waals surface area contributed by atoms with Crippen LogP contribution in [0.5, 0.6) is 17.2 Å². The van der Waals surface area contributed by atoms with E-state index < -0.39 is 6.61 Å². The van der Waals surface area contributed by atoms with Crippen molar-refractivity contribution in [2.75, 3.05) is 44.9 Å². The number of fused-ring (bicyclic) bond motifs is 1. The number of hydrogen-bond donors (Lipinski definition) is 1. The molecule has 3 heterocycles. The molecule has 4 aromatic carbocycles. The largest absolute Gasteiger partial charge is 0.508 e. The van der Waals surface area contributed by atoms with Crippen molar-refractivity contribution in [2.24, 2.45) is 7.05 Å². The number of ether oxygens (including phenoxy) is 3. The lowest BCUT2D eigenvalue weighted by Crippen LogP contribution is -2.52. The number of alkyl halides is 2. The lowest BCUT2D eigenvalue weighted by Gasteiger charge is -2.40. The number of phenolic OH excluding ortho intramolecular Hbond substituents is 1. The van der Waals surface area contributed by atoms with Gasteiger partial charge in [0, 0.05) is 61.9 Å². The number of aromatic hydroxyl groups is 1. The van der Waals surface area contributed by atoms with Crippen LogP contribution in [0.2, 0.25) is 0 Å². The Bertz CT molecular complexity index is 2370. The number of amides is 2. The lowest BCUT2D eigenvalue weighted by atomic mass is 9.91. The summed E-state index contributed by atoms with van der Waals surface area (Å²) in [7, 11) is 3.31. The number of nitrogens with zero attached hydrogens (tertiary/aromatic N) is 5. The average Bonchev–Trinajstić information content (AvgIpc) is 3.52. The van der Waals surface area contributed by atoms with Crippen molar-refractivity contribution >= 4 is 17.5 Å². The van der Waals surface area contributed by atoms with E-state index in [1.807, 2.05) is 49.4 Å². The Labute approximate surface area is 336 Å². The molecule has 0 saturated carbocycles. The first-order valence-corrected chi connectivity index (χ1v) is 19.1. The van der Waals surface area contributed by atoms with E-state index in [1.54, 1.807) is 53.6 Å². The predicted molar refractivity (Wildman–Crippen MR) is 214 cm³/mol. The highest BCUT2D eigenvalue weighted by atomic mass is 19.3. The molecule has 1 N–H and O–H groups in total. The van der Waals surface area contributed by atoms with Gasteiger partial charge < -0.3 is 33.7 Å². The van der Waals surface area contributed by atoms with Gasteiger partial charge in [0.25, 0.3) is 11.8 Å². The summed E-state index contributed by atoms with van der Waals surface area (Å²) in [6.07, 6.45) is 0.605. The van der Waals surface area contributed by atoms with Gasteiger partial charge in [-0.3, -0.25) is 14.5 Å². The number of halogens is 2. The van der Waals surface area contributed by atoms with Crippen molar-refractivity contribution in [1.82, 2.24) is 14.4 Å². The Kier molecular flexibility index (Phi) is 11.8. The minimum Gasteiger partial charge on any atom is -0.508 e. The van der Waals surface area contributed by atoms with E-state index in [2.05, 4.69) is 11.0 Å². The maximum absolute atomic E-state index is 15.1. The van der Waals surface area contributed by atoms with Gasteiger partial charge in [-0.2, -0.15) is 14.0 Å². The molecule has 58 heavy (non-hydrogen) atoms. The SMILES string of the molecule is COc1cccc(CN(C(=O)c2cc(-c3cc(OC(F)F)c(C#N)cc3C(=O)N3Cc4ccccc4C[C@H]3CN3CCOCC3)n(C)c2C)c2ccc(O)cc2)c1C. The average molecular weight is 790 g/mol. The third-order valence-electron chi connectivity index (χ3n) is 11.3. The van der Waals surface area contributed by atoms with Crippen LogP contribution in [-0.4, -0.2) is 83.9 Å². The molecule has 1 atom stereocenters. The van der Waals surface area contributed by atoms with E-state index in [0.717, 1.165) is 35.3 Å². The Morgan fingerprint density at radius 1 is 0.966 bits per heavy atom. The van der Waals surface area contributed by atoms with E-state index in [4.69, 9.17) is 14.2 Å². The number of carbonyl (C=O) groups excluding carboxylic acids is 2. The van der Waals surface area contributed by atoms with Gasteiger partial charge in [-0.05, 0) is 91.1 Å².